The van der Waals surface area contributed by atoms with Crippen LogP contribution in [-0.4, -0.2) is 79.8 Å². The van der Waals surface area contributed by atoms with Crippen LogP contribution in [-0.2, 0) is 23.8 Å². The Hall–Kier alpha value is -3.86. The van der Waals surface area contributed by atoms with Gasteiger partial charge >= 0.3 is 0 Å². The van der Waals surface area contributed by atoms with Crippen LogP contribution >= 0.6 is 0 Å². The smallest absolute Gasteiger partial charge is 0.288 e. The molecule has 3 aliphatic heterocycles. The number of rotatable bonds is 9. The summed E-state index contributed by atoms with van der Waals surface area (Å²) in [7, 11) is 0. The van der Waals surface area contributed by atoms with Gasteiger partial charge in [-0.3, -0.25) is 9.59 Å². The van der Waals surface area contributed by atoms with E-state index in [0.29, 0.717) is 45.6 Å². The number of para-hydroxylation sites is 2. The molecular formula is C31H35N3O7. The molecule has 10 heteroatoms. The van der Waals surface area contributed by atoms with Gasteiger partial charge in [0, 0.05) is 42.1 Å². The Morgan fingerprint density at radius 3 is 2.63 bits per heavy atom. The van der Waals surface area contributed by atoms with Crippen molar-refractivity contribution < 1.29 is 33.3 Å². The van der Waals surface area contributed by atoms with Gasteiger partial charge in [-0.25, -0.2) is 0 Å². The minimum Gasteiger partial charge on any atom is -0.464 e. The zero-order chi connectivity index (χ0) is 28.2. The monoisotopic (exact) mass is 561 g/mol. The van der Waals surface area contributed by atoms with Crippen molar-refractivity contribution in [3.63, 3.8) is 0 Å². The first-order valence-electron chi connectivity index (χ1n) is 14.1. The molecule has 3 aromatic rings. The van der Waals surface area contributed by atoms with Gasteiger partial charge in [-0.1, -0.05) is 36.4 Å². The summed E-state index contributed by atoms with van der Waals surface area (Å²) in [5.74, 6) is -0.128. The average Bonchev–Trinajstić information content (AvgIpc) is 3.58. The first kappa shape index (κ1) is 27.3. The number of furan rings is 1. The number of hydrogen-bond acceptors (Lipinski definition) is 8. The molecule has 2 aromatic carbocycles. The second-order valence-electron chi connectivity index (χ2n) is 10.6. The lowest BCUT2D eigenvalue weighted by Crippen LogP contribution is -2.57. The van der Waals surface area contributed by atoms with Crippen molar-refractivity contribution in [3.8, 4) is 0 Å². The van der Waals surface area contributed by atoms with Crippen molar-refractivity contribution in [3.05, 3.63) is 78.3 Å². The zero-order valence-electron chi connectivity index (χ0n) is 22.9. The molecule has 2 atom stereocenters. The number of ether oxygens (including phenoxy) is 3. The summed E-state index contributed by atoms with van der Waals surface area (Å²) in [6.07, 6.45) is 4.50. The summed E-state index contributed by atoms with van der Waals surface area (Å²) in [4.78, 5) is 30.8. The van der Waals surface area contributed by atoms with Crippen LogP contribution in [0.1, 0.15) is 30.7 Å². The molecular weight excluding hydrogens is 526 g/mol. The highest BCUT2D eigenvalue weighted by atomic mass is 16.7. The SMILES string of the molecule is O=C(C1=CC(c2coc3ccccc23)CC(OCCOCCO)O1)N1CCC2(CC1)C(=O)NCN2c1ccccc1. The quantitative estimate of drug-likeness (QED) is 0.383. The third-order valence-electron chi connectivity index (χ3n) is 8.23. The van der Waals surface area contributed by atoms with Crippen LogP contribution in [0.4, 0.5) is 5.69 Å². The zero-order valence-corrected chi connectivity index (χ0v) is 22.9. The number of nitrogens with one attached hydrogen (secondary N) is 1. The summed E-state index contributed by atoms with van der Waals surface area (Å²) in [5.41, 5.74) is 2.06. The number of allylic oxidation sites excluding steroid dienone is 1. The fourth-order valence-corrected chi connectivity index (χ4v) is 6.09. The van der Waals surface area contributed by atoms with Gasteiger partial charge in [0.15, 0.2) is 5.76 Å². The molecule has 0 radical (unpaired) electrons. The molecule has 0 bridgehead atoms. The predicted octanol–water partition coefficient (Wildman–Crippen LogP) is 3.13. The van der Waals surface area contributed by atoms with Crippen LogP contribution in [0, 0.1) is 0 Å². The number of fused-ring (bicyclic) bond motifs is 1. The number of carbonyl (C=O) groups is 2. The molecule has 216 valence electrons. The van der Waals surface area contributed by atoms with E-state index in [1.165, 1.54) is 0 Å². The van der Waals surface area contributed by atoms with Gasteiger partial charge < -0.3 is 38.9 Å². The number of piperidine rings is 1. The number of nitrogens with zero attached hydrogens (tertiary/aromatic N) is 2. The topological polar surface area (TPSA) is 114 Å². The lowest BCUT2D eigenvalue weighted by Gasteiger charge is -2.43. The van der Waals surface area contributed by atoms with Gasteiger partial charge in [0.05, 0.1) is 39.4 Å². The molecule has 4 heterocycles. The number of aliphatic hydroxyl groups excluding tert-OH is 1. The third kappa shape index (κ3) is 5.42. The number of benzene rings is 2. The van der Waals surface area contributed by atoms with Crippen LogP contribution < -0.4 is 10.2 Å². The summed E-state index contributed by atoms with van der Waals surface area (Å²) in [6.45, 7) is 2.05. The molecule has 1 aromatic heterocycles. The average molecular weight is 562 g/mol. The normalized spacial score (nSPS) is 22.1. The van der Waals surface area contributed by atoms with Crippen LogP contribution in [0.15, 0.2) is 77.1 Å². The molecule has 2 unspecified atom stereocenters. The number of likely N-dealkylation sites (tertiary alicyclic amines) is 1. The fourth-order valence-electron chi connectivity index (χ4n) is 6.09. The van der Waals surface area contributed by atoms with Crippen LogP contribution in [0.3, 0.4) is 0 Å². The van der Waals surface area contributed by atoms with Gasteiger partial charge in [0.2, 0.25) is 12.2 Å². The van der Waals surface area contributed by atoms with Crippen molar-refractivity contribution in [2.24, 2.45) is 0 Å². The number of hydrogen-bond donors (Lipinski definition) is 2. The van der Waals surface area contributed by atoms with E-state index in [9.17, 15) is 9.59 Å². The summed E-state index contributed by atoms with van der Waals surface area (Å²) < 4.78 is 23.2. The third-order valence-corrected chi connectivity index (χ3v) is 8.23. The van der Waals surface area contributed by atoms with Crippen LogP contribution in [0.25, 0.3) is 11.0 Å². The first-order valence-corrected chi connectivity index (χ1v) is 14.1. The summed E-state index contributed by atoms with van der Waals surface area (Å²) in [6, 6.07) is 17.7. The highest BCUT2D eigenvalue weighted by Gasteiger charge is 2.51. The van der Waals surface area contributed by atoms with Crippen LogP contribution in [0.5, 0.6) is 0 Å². The molecule has 41 heavy (non-hydrogen) atoms. The molecule has 1 spiro atoms. The number of aliphatic hydroxyl groups is 1. The Morgan fingerprint density at radius 2 is 1.83 bits per heavy atom. The Morgan fingerprint density at radius 1 is 1.05 bits per heavy atom. The van der Waals surface area contributed by atoms with Gasteiger partial charge in [-0.2, -0.15) is 0 Å². The van der Waals surface area contributed by atoms with Gasteiger partial charge in [0.1, 0.15) is 11.1 Å². The van der Waals surface area contributed by atoms with Crippen molar-refractivity contribution in [1.82, 2.24) is 10.2 Å². The fraction of sp³-hybridized carbons (Fsp3) is 0.419. The molecule has 3 aliphatic rings. The minimum atomic E-state index is -0.682. The van der Waals surface area contributed by atoms with Gasteiger partial charge in [-0.15, -0.1) is 0 Å². The van der Waals surface area contributed by atoms with E-state index in [4.69, 9.17) is 23.7 Å². The van der Waals surface area contributed by atoms with E-state index in [-0.39, 0.29) is 43.3 Å². The largest absolute Gasteiger partial charge is 0.464 e. The van der Waals surface area contributed by atoms with Gasteiger partial charge in [-0.05, 0) is 37.1 Å². The van der Waals surface area contributed by atoms with Crippen LogP contribution in [0.2, 0.25) is 0 Å². The number of anilines is 1. The van der Waals surface area contributed by atoms with E-state index in [1.54, 1.807) is 11.2 Å². The molecule has 10 nitrogen and oxygen atoms in total. The second-order valence-corrected chi connectivity index (χ2v) is 10.6. The number of carbonyl (C=O) groups excluding carboxylic acids is 2. The molecule has 0 saturated carbocycles. The Kier molecular flexibility index (Phi) is 7.95. The van der Waals surface area contributed by atoms with Crippen molar-refractivity contribution in [1.29, 1.82) is 0 Å². The van der Waals surface area contributed by atoms with Gasteiger partial charge in [0.25, 0.3) is 5.91 Å². The maximum atomic E-state index is 13.8. The summed E-state index contributed by atoms with van der Waals surface area (Å²) in [5, 5.41) is 12.9. The van der Waals surface area contributed by atoms with Crippen molar-refractivity contribution >= 4 is 28.5 Å². The lowest BCUT2D eigenvalue weighted by atomic mass is 9.85. The van der Waals surface area contributed by atoms with E-state index >= 15 is 0 Å². The second kappa shape index (κ2) is 11.9. The number of amides is 2. The van der Waals surface area contributed by atoms with Crippen molar-refractivity contribution in [2.45, 2.75) is 37.0 Å². The Bertz CT molecular complexity index is 1400. The molecule has 2 saturated heterocycles. The molecule has 0 aliphatic carbocycles. The molecule has 2 amide bonds. The van der Waals surface area contributed by atoms with E-state index in [0.717, 1.165) is 22.2 Å². The highest BCUT2D eigenvalue weighted by Crippen LogP contribution is 2.39. The predicted molar refractivity (Wildman–Crippen MR) is 151 cm³/mol. The van der Waals surface area contributed by atoms with E-state index in [2.05, 4.69) is 10.2 Å². The maximum absolute atomic E-state index is 13.8. The first-order chi connectivity index (χ1) is 20.1. The Labute approximate surface area is 238 Å². The van der Waals surface area contributed by atoms with E-state index in [1.807, 2.05) is 60.7 Å². The summed E-state index contributed by atoms with van der Waals surface area (Å²) >= 11 is 0. The maximum Gasteiger partial charge on any atom is 0.288 e. The minimum absolute atomic E-state index is 0.00497. The van der Waals surface area contributed by atoms with E-state index < -0.39 is 11.8 Å². The molecule has 2 fully saturated rings. The molecule has 6 rings (SSSR count). The van der Waals surface area contributed by atoms with Crippen molar-refractivity contribution in [2.75, 3.05) is 51.1 Å². The highest BCUT2D eigenvalue weighted by molar-refractivity contribution is 5.95. The molecule has 2 N–H and O–H groups in total. The standard InChI is InChI=1S/C31H35N3O7/c35-14-15-38-16-17-39-28-19-22(25-20-40-26-9-5-4-8-24(25)26)18-27(41-28)29(36)33-12-10-31(11-13-33)30(37)32-21-34(31)23-6-2-1-3-7-23/h1-9,18,20,22,28,35H,10-17,19,21H2,(H,32,37). The lowest BCUT2D eigenvalue weighted by molar-refractivity contribution is -0.157. The Balaban J connectivity index is 1.19.